The summed E-state index contributed by atoms with van der Waals surface area (Å²) in [5, 5.41) is 3.27. The number of carbonyl (C=O) groups excluding carboxylic acids is 1. The summed E-state index contributed by atoms with van der Waals surface area (Å²) in [6.07, 6.45) is 0.299. The fourth-order valence-electron chi connectivity index (χ4n) is 1.46. The number of hydrogen-bond acceptors (Lipinski definition) is 5. The summed E-state index contributed by atoms with van der Waals surface area (Å²) in [5.41, 5.74) is -0.267. The average molecular weight is 217 g/mol. The van der Waals surface area contributed by atoms with Crippen LogP contribution in [0.3, 0.4) is 0 Å². The van der Waals surface area contributed by atoms with Crippen molar-refractivity contribution in [1.29, 1.82) is 0 Å². The number of nitrogens with one attached hydrogen (secondary N) is 1. The van der Waals surface area contributed by atoms with E-state index in [1.54, 1.807) is 0 Å². The van der Waals surface area contributed by atoms with E-state index in [0.29, 0.717) is 26.2 Å². The topological polar surface area (TPSA) is 56.8 Å². The maximum absolute atomic E-state index is 10.8. The highest BCUT2D eigenvalue weighted by Gasteiger charge is 2.30. The summed E-state index contributed by atoms with van der Waals surface area (Å²) >= 11 is 0. The molecule has 15 heavy (non-hydrogen) atoms. The summed E-state index contributed by atoms with van der Waals surface area (Å²) in [4.78, 5) is 10.8. The van der Waals surface area contributed by atoms with Crippen LogP contribution in [0, 0.1) is 0 Å². The minimum absolute atomic E-state index is 0.206. The van der Waals surface area contributed by atoms with Crippen LogP contribution in [0.15, 0.2) is 0 Å². The molecule has 5 heteroatoms. The Morgan fingerprint density at radius 2 is 2.33 bits per heavy atom. The minimum Gasteiger partial charge on any atom is -0.469 e. The van der Waals surface area contributed by atoms with E-state index in [2.05, 4.69) is 10.1 Å². The molecule has 1 N–H and O–H groups in total. The van der Waals surface area contributed by atoms with Crippen LogP contribution in [0.1, 0.15) is 20.3 Å². The number of rotatable bonds is 5. The Labute approximate surface area is 90.1 Å². The van der Waals surface area contributed by atoms with E-state index < -0.39 is 0 Å². The van der Waals surface area contributed by atoms with Crippen LogP contribution in [0.5, 0.6) is 0 Å². The van der Waals surface area contributed by atoms with Gasteiger partial charge in [-0.3, -0.25) is 10.1 Å². The largest absolute Gasteiger partial charge is 0.469 e. The van der Waals surface area contributed by atoms with Gasteiger partial charge in [-0.2, -0.15) is 0 Å². The Morgan fingerprint density at radius 1 is 1.60 bits per heavy atom. The molecule has 1 aliphatic heterocycles. The Morgan fingerprint density at radius 3 is 2.87 bits per heavy atom. The molecular formula is C10H19NO4. The lowest BCUT2D eigenvalue weighted by Gasteiger charge is -2.18. The second-order valence-corrected chi connectivity index (χ2v) is 4.06. The maximum Gasteiger partial charge on any atom is 0.307 e. The number of esters is 1. The highest BCUT2D eigenvalue weighted by molar-refractivity contribution is 5.69. The molecule has 0 aromatic rings. The standard InChI is InChI=1S/C10H19NO4/c1-10(2)11-8(7-15-10)6-14-5-4-9(12)13-3/h8,11H,4-7H2,1-3H3. The van der Waals surface area contributed by atoms with E-state index >= 15 is 0 Å². The van der Waals surface area contributed by atoms with Crippen LogP contribution in [-0.2, 0) is 19.0 Å². The lowest BCUT2D eigenvalue weighted by molar-refractivity contribution is -0.141. The van der Waals surface area contributed by atoms with Gasteiger partial charge in [-0.1, -0.05) is 0 Å². The molecule has 0 aromatic carbocycles. The third-order valence-electron chi connectivity index (χ3n) is 2.19. The van der Waals surface area contributed by atoms with Crippen molar-refractivity contribution >= 4 is 5.97 Å². The van der Waals surface area contributed by atoms with Gasteiger partial charge < -0.3 is 14.2 Å². The van der Waals surface area contributed by atoms with Gasteiger partial charge in [-0.15, -0.1) is 0 Å². The first-order valence-electron chi connectivity index (χ1n) is 5.10. The van der Waals surface area contributed by atoms with Gasteiger partial charge in [0.25, 0.3) is 0 Å². The third kappa shape index (κ3) is 4.59. The van der Waals surface area contributed by atoms with E-state index in [4.69, 9.17) is 9.47 Å². The number of carbonyl (C=O) groups is 1. The van der Waals surface area contributed by atoms with E-state index in [9.17, 15) is 4.79 Å². The lowest BCUT2D eigenvalue weighted by atomic mass is 10.3. The summed E-state index contributed by atoms with van der Waals surface area (Å²) in [6, 6.07) is 0.206. The second-order valence-electron chi connectivity index (χ2n) is 4.06. The van der Waals surface area contributed by atoms with E-state index in [-0.39, 0.29) is 17.7 Å². The van der Waals surface area contributed by atoms with Crippen molar-refractivity contribution in [3.63, 3.8) is 0 Å². The van der Waals surface area contributed by atoms with Crippen molar-refractivity contribution in [1.82, 2.24) is 5.32 Å². The molecule has 1 saturated heterocycles. The van der Waals surface area contributed by atoms with Gasteiger partial charge in [0.05, 0.1) is 39.4 Å². The lowest BCUT2D eigenvalue weighted by Crippen LogP contribution is -2.40. The Hall–Kier alpha value is -0.650. The number of methoxy groups -OCH3 is 1. The Bertz CT molecular complexity index is 217. The smallest absolute Gasteiger partial charge is 0.307 e. The molecule has 88 valence electrons. The first-order chi connectivity index (χ1) is 7.03. The number of hydrogen-bond donors (Lipinski definition) is 1. The van der Waals surface area contributed by atoms with Crippen molar-refractivity contribution in [2.24, 2.45) is 0 Å². The van der Waals surface area contributed by atoms with Crippen LogP contribution in [0.25, 0.3) is 0 Å². The molecule has 0 aliphatic carbocycles. The van der Waals surface area contributed by atoms with Crippen molar-refractivity contribution in [3.05, 3.63) is 0 Å². The van der Waals surface area contributed by atoms with Crippen LogP contribution in [0.4, 0.5) is 0 Å². The summed E-state index contributed by atoms with van der Waals surface area (Å²) in [5.74, 6) is -0.244. The Balaban J connectivity index is 2.04. The molecule has 0 amide bonds. The fraction of sp³-hybridized carbons (Fsp3) is 0.900. The number of ether oxygens (including phenoxy) is 3. The molecule has 1 unspecified atom stereocenters. The van der Waals surface area contributed by atoms with Crippen LogP contribution < -0.4 is 5.32 Å². The van der Waals surface area contributed by atoms with E-state index in [0.717, 1.165) is 0 Å². The van der Waals surface area contributed by atoms with E-state index in [1.807, 2.05) is 13.8 Å². The SMILES string of the molecule is COC(=O)CCOCC1COC(C)(C)N1. The monoisotopic (exact) mass is 217 g/mol. The van der Waals surface area contributed by atoms with Crippen LogP contribution in [0.2, 0.25) is 0 Å². The molecule has 0 bridgehead atoms. The van der Waals surface area contributed by atoms with Gasteiger partial charge in [-0.05, 0) is 13.8 Å². The summed E-state index contributed by atoms with van der Waals surface area (Å²) < 4.78 is 15.3. The molecule has 1 fully saturated rings. The van der Waals surface area contributed by atoms with Gasteiger partial charge in [0.1, 0.15) is 5.72 Å². The molecule has 1 rings (SSSR count). The molecule has 1 aliphatic rings. The maximum atomic E-state index is 10.8. The van der Waals surface area contributed by atoms with Gasteiger partial charge >= 0.3 is 5.97 Å². The average Bonchev–Trinajstić information content (AvgIpc) is 2.52. The minimum atomic E-state index is -0.267. The van der Waals surface area contributed by atoms with E-state index in [1.165, 1.54) is 7.11 Å². The van der Waals surface area contributed by atoms with Crippen molar-refractivity contribution in [2.75, 3.05) is 26.9 Å². The van der Waals surface area contributed by atoms with Crippen LogP contribution in [-0.4, -0.2) is 44.7 Å². The molecule has 0 aromatic heterocycles. The highest BCUT2D eigenvalue weighted by Crippen LogP contribution is 2.14. The second kappa shape index (κ2) is 5.44. The zero-order valence-corrected chi connectivity index (χ0v) is 9.54. The summed E-state index contributed by atoms with van der Waals surface area (Å²) in [7, 11) is 1.37. The van der Waals surface area contributed by atoms with Crippen molar-refractivity contribution in [2.45, 2.75) is 32.0 Å². The predicted octanol–water partition coefficient (Wildman–Crippen LogP) is 0.291. The molecule has 5 nitrogen and oxygen atoms in total. The zero-order valence-electron chi connectivity index (χ0n) is 9.54. The normalized spacial score (nSPS) is 24.1. The molecule has 0 spiro atoms. The zero-order chi connectivity index (χ0) is 11.3. The quantitative estimate of drug-likeness (QED) is 0.530. The predicted molar refractivity (Wildman–Crippen MR) is 54.4 cm³/mol. The van der Waals surface area contributed by atoms with Gasteiger partial charge in [0.15, 0.2) is 0 Å². The summed E-state index contributed by atoms with van der Waals surface area (Å²) in [6.45, 7) is 5.54. The Kier molecular flexibility index (Phi) is 4.50. The molecule has 1 atom stereocenters. The molecule has 1 heterocycles. The molecular weight excluding hydrogens is 198 g/mol. The highest BCUT2D eigenvalue weighted by atomic mass is 16.5. The van der Waals surface area contributed by atoms with Gasteiger partial charge in [0, 0.05) is 0 Å². The van der Waals surface area contributed by atoms with Crippen molar-refractivity contribution in [3.8, 4) is 0 Å². The molecule has 0 radical (unpaired) electrons. The first-order valence-corrected chi connectivity index (χ1v) is 5.10. The first kappa shape index (κ1) is 12.4. The third-order valence-corrected chi connectivity index (χ3v) is 2.19. The van der Waals surface area contributed by atoms with Crippen LogP contribution >= 0.6 is 0 Å². The van der Waals surface area contributed by atoms with Crippen molar-refractivity contribution < 1.29 is 19.0 Å². The molecule has 0 saturated carbocycles. The van der Waals surface area contributed by atoms with Gasteiger partial charge in [-0.25, -0.2) is 0 Å². The van der Waals surface area contributed by atoms with Gasteiger partial charge in [0.2, 0.25) is 0 Å². The fourth-order valence-corrected chi connectivity index (χ4v) is 1.46.